The second kappa shape index (κ2) is 6.71. The molecule has 0 saturated carbocycles. The van der Waals surface area contributed by atoms with Gasteiger partial charge in [0.2, 0.25) is 5.88 Å². The van der Waals surface area contributed by atoms with Crippen LogP contribution in [-0.2, 0) is 11.3 Å². The molecule has 0 spiro atoms. The Kier molecular flexibility index (Phi) is 5.20. The van der Waals surface area contributed by atoms with Crippen LogP contribution in [-0.4, -0.2) is 56.7 Å². The third kappa shape index (κ3) is 3.82. The fraction of sp³-hybridized carbons (Fsp3) is 0.769. The molecule has 2 heterocycles. The monoisotopic (exact) mass is 301 g/mol. The van der Waals surface area contributed by atoms with Crippen LogP contribution in [0.5, 0.6) is 5.88 Å². The van der Waals surface area contributed by atoms with Crippen molar-refractivity contribution in [3.05, 3.63) is 4.88 Å². The summed E-state index contributed by atoms with van der Waals surface area (Å²) in [5, 5.41) is 14.6. The minimum Gasteiger partial charge on any atom is -0.480 e. The quantitative estimate of drug-likeness (QED) is 0.812. The summed E-state index contributed by atoms with van der Waals surface area (Å²) in [6, 6.07) is 0. The molecule has 20 heavy (non-hydrogen) atoms. The van der Waals surface area contributed by atoms with Gasteiger partial charge in [-0.25, -0.2) is 0 Å². The number of aliphatic hydroxyl groups is 1. The van der Waals surface area contributed by atoms with Gasteiger partial charge in [-0.05, 0) is 0 Å². The van der Waals surface area contributed by atoms with Crippen molar-refractivity contribution in [1.82, 2.24) is 10.3 Å². The molecular formula is C13H23N3O3S. The van der Waals surface area contributed by atoms with E-state index in [4.69, 9.17) is 9.47 Å². The highest BCUT2D eigenvalue weighted by molar-refractivity contribution is 7.15. The molecule has 1 fully saturated rings. The first-order valence-electron chi connectivity index (χ1n) is 6.76. The number of nitrogens with one attached hydrogen (secondary N) is 1. The third-order valence-electron chi connectivity index (χ3n) is 3.39. The van der Waals surface area contributed by atoms with E-state index in [9.17, 15) is 5.11 Å². The van der Waals surface area contributed by atoms with E-state index in [0.29, 0.717) is 45.0 Å². The fourth-order valence-corrected chi connectivity index (χ4v) is 3.05. The van der Waals surface area contributed by atoms with E-state index < -0.39 is 5.60 Å². The van der Waals surface area contributed by atoms with Crippen molar-refractivity contribution in [2.45, 2.75) is 25.0 Å². The van der Waals surface area contributed by atoms with Crippen LogP contribution in [0.25, 0.3) is 0 Å². The summed E-state index contributed by atoms with van der Waals surface area (Å²) in [6.07, 6.45) is 1.37. The Hall–Kier alpha value is -0.890. The summed E-state index contributed by atoms with van der Waals surface area (Å²) in [4.78, 5) is 7.42. The van der Waals surface area contributed by atoms with E-state index in [0.717, 1.165) is 10.0 Å². The van der Waals surface area contributed by atoms with Crippen molar-refractivity contribution in [3.63, 3.8) is 0 Å². The number of nitrogens with zero attached hydrogens (tertiary/aromatic N) is 2. The van der Waals surface area contributed by atoms with Crippen molar-refractivity contribution in [2.24, 2.45) is 0 Å². The van der Waals surface area contributed by atoms with E-state index >= 15 is 0 Å². The van der Waals surface area contributed by atoms with Crippen molar-refractivity contribution in [3.8, 4) is 5.88 Å². The van der Waals surface area contributed by atoms with Crippen LogP contribution in [0.4, 0.5) is 5.13 Å². The average molecular weight is 301 g/mol. The van der Waals surface area contributed by atoms with Gasteiger partial charge in [0.05, 0.1) is 17.6 Å². The van der Waals surface area contributed by atoms with Crippen molar-refractivity contribution < 1.29 is 14.6 Å². The Balaban J connectivity index is 1.90. The summed E-state index contributed by atoms with van der Waals surface area (Å²) in [5.74, 6) is 0.658. The Morgan fingerprint density at radius 1 is 1.45 bits per heavy atom. The number of anilines is 1. The number of ether oxygens (including phenoxy) is 2. The maximum atomic E-state index is 10.4. The van der Waals surface area contributed by atoms with E-state index in [1.54, 1.807) is 18.4 Å². The van der Waals surface area contributed by atoms with Crippen molar-refractivity contribution in [1.29, 1.82) is 0 Å². The van der Waals surface area contributed by atoms with Crippen LogP contribution in [0.1, 0.15) is 17.7 Å². The van der Waals surface area contributed by atoms with Crippen molar-refractivity contribution >= 4 is 16.5 Å². The molecule has 0 aliphatic carbocycles. The zero-order valence-electron chi connectivity index (χ0n) is 12.3. The van der Waals surface area contributed by atoms with Gasteiger partial charge >= 0.3 is 0 Å². The van der Waals surface area contributed by atoms with E-state index in [-0.39, 0.29) is 0 Å². The van der Waals surface area contributed by atoms with E-state index in [2.05, 4.69) is 10.3 Å². The van der Waals surface area contributed by atoms with Gasteiger partial charge in [0, 0.05) is 53.2 Å². The van der Waals surface area contributed by atoms with Crippen LogP contribution in [0.15, 0.2) is 0 Å². The highest BCUT2D eigenvalue weighted by atomic mass is 32.1. The first-order valence-corrected chi connectivity index (χ1v) is 7.57. The van der Waals surface area contributed by atoms with Crippen LogP contribution in [0.3, 0.4) is 0 Å². The molecule has 0 bridgehead atoms. The molecule has 114 valence electrons. The number of methoxy groups -OCH3 is 1. The number of hydrogen-bond acceptors (Lipinski definition) is 7. The maximum absolute atomic E-state index is 10.4. The normalized spacial score (nSPS) is 18.0. The zero-order chi connectivity index (χ0) is 14.6. The Morgan fingerprint density at radius 3 is 2.75 bits per heavy atom. The van der Waals surface area contributed by atoms with Crippen LogP contribution < -0.4 is 15.0 Å². The maximum Gasteiger partial charge on any atom is 0.230 e. The van der Waals surface area contributed by atoms with Gasteiger partial charge in [0.25, 0.3) is 0 Å². The third-order valence-corrected chi connectivity index (χ3v) is 4.59. The molecule has 0 radical (unpaired) electrons. The predicted octanol–water partition coefficient (Wildman–Crippen LogP) is 0.849. The second-order valence-electron chi connectivity index (χ2n) is 5.26. The smallest absolute Gasteiger partial charge is 0.230 e. The lowest BCUT2D eigenvalue weighted by molar-refractivity contribution is -0.0616. The van der Waals surface area contributed by atoms with Gasteiger partial charge in [-0.15, -0.1) is 0 Å². The molecule has 2 N–H and O–H groups in total. The van der Waals surface area contributed by atoms with Crippen molar-refractivity contribution in [2.75, 3.05) is 45.9 Å². The Morgan fingerprint density at radius 2 is 2.15 bits per heavy atom. The zero-order valence-corrected chi connectivity index (χ0v) is 13.1. The summed E-state index contributed by atoms with van der Waals surface area (Å²) < 4.78 is 10.6. The van der Waals surface area contributed by atoms with Gasteiger partial charge in [0.1, 0.15) is 0 Å². The molecule has 1 saturated heterocycles. The Labute approximate surface area is 123 Å². The highest BCUT2D eigenvalue weighted by Crippen LogP contribution is 2.30. The average Bonchev–Trinajstić information content (AvgIpc) is 2.83. The number of aromatic nitrogens is 1. The number of thiazole rings is 1. The van der Waals surface area contributed by atoms with Crippen LogP contribution in [0.2, 0.25) is 0 Å². The molecule has 6 nitrogen and oxygen atoms in total. The highest BCUT2D eigenvalue weighted by Gasteiger charge is 2.29. The van der Waals surface area contributed by atoms with Gasteiger partial charge in [-0.2, -0.15) is 4.98 Å². The van der Waals surface area contributed by atoms with E-state index in [1.807, 2.05) is 19.0 Å². The summed E-state index contributed by atoms with van der Waals surface area (Å²) in [7, 11) is 5.55. The molecule has 1 aromatic heterocycles. The number of rotatable bonds is 6. The second-order valence-corrected chi connectivity index (χ2v) is 6.33. The molecule has 1 aliphatic heterocycles. The lowest BCUT2D eigenvalue weighted by Gasteiger charge is -2.32. The predicted molar refractivity (Wildman–Crippen MR) is 79.7 cm³/mol. The van der Waals surface area contributed by atoms with Crippen LogP contribution in [0, 0.1) is 0 Å². The van der Waals surface area contributed by atoms with Crippen LogP contribution >= 0.6 is 11.3 Å². The summed E-state index contributed by atoms with van der Waals surface area (Å²) >= 11 is 1.60. The van der Waals surface area contributed by atoms with E-state index in [1.165, 1.54) is 0 Å². The first kappa shape index (κ1) is 15.5. The molecule has 1 aromatic rings. The van der Waals surface area contributed by atoms with Gasteiger partial charge in [0.15, 0.2) is 5.13 Å². The minimum atomic E-state index is -0.652. The molecule has 0 aromatic carbocycles. The molecule has 0 unspecified atom stereocenters. The largest absolute Gasteiger partial charge is 0.480 e. The first-order chi connectivity index (χ1) is 9.54. The standard InChI is InChI=1S/C13H23N3O3S/c1-16(2)12-15-11(18-3)10(20-12)8-14-9-13(17)4-6-19-7-5-13/h14,17H,4-9H2,1-3H3. The lowest BCUT2D eigenvalue weighted by Crippen LogP contribution is -2.44. The molecule has 7 heteroatoms. The fourth-order valence-electron chi connectivity index (χ4n) is 2.13. The molecule has 1 aliphatic rings. The Bertz CT molecular complexity index is 430. The number of hydrogen-bond donors (Lipinski definition) is 2. The molecule has 0 amide bonds. The minimum absolute atomic E-state index is 0.564. The topological polar surface area (TPSA) is 66.9 Å². The summed E-state index contributed by atoms with van der Waals surface area (Å²) in [5.41, 5.74) is -0.652. The lowest BCUT2D eigenvalue weighted by atomic mass is 9.94. The summed E-state index contributed by atoms with van der Waals surface area (Å²) in [6.45, 7) is 2.48. The molecular weight excluding hydrogens is 278 g/mol. The molecule has 2 rings (SSSR count). The SMILES string of the molecule is COc1nc(N(C)C)sc1CNCC1(O)CCOCC1. The van der Waals surface area contributed by atoms with Gasteiger partial charge in [-0.1, -0.05) is 11.3 Å². The molecule has 0 atom stereocenters. The van der Waals surface area contributed by atoms with Gasteiger partial charge in [-0.3, -0.25) is 0 Å². The van der Waals surface area contributed by atoms with Gasteiger partial charge < -0.3 is 24.8 Å².